The number of amides is 2. The van der Waals surface area contributed by atoms with E-state index in [0.29, 0.717) is 48.8 Å². The van der Waals surface area contributed by atoms with E-state index in [0.717, 1.165) is 12.1 Å². The third-order valence-electron chi connectivity index (χ3n) is 5.34. The van der Waals surface area contributed by atoms with Gasteiger partial charge in [0.1, 0.15) is 0 Å². The van der Waals surface area contributed by atoms with E-state index in [1.807, 2.05) is 36.9 Å². The summed E-state index contributed by atoms with van der Waals surface area (Å²) >= 11 is 0. The Bertz CT molecular complexity index is 1070. The molecule has 0 saturated heterocycles. The van der Waals surface area contributed by atoms with E-state index in [-0.39, 0.29) is 17.7 Å². The Labute approximate surface area is 181 Å². The molecule has 31 heavy (non-hydrogen) atoms. The van der Waals surface area contributed by atoms with E-state index in [9.17, 15) is 9.59 Å². The lowest BCUT2D eigenvalue weighted by atomic mass is 10.1. The van der Waals surface area contributed by atoms with Crippen molar-refractivity contribution in [3.05, 3.63) is 71.4 Å². The highest BCUT2D eigenvalue weighted by atomic mass is 16.5. The second-order valence-electron chi connectivity index (χ2n) is 8.02. The van der Waals surface area contributed by atoms with E-state index in [2.05, 4.69) is 21.5 Å². The molecule has 1 aliphatic rings. The van der Waals surface area contributed by atoms with Crippen LogP contribution >= 0.6 is 0 Å². The maximum atomic E-state index is 12.9. The maximum Gasteiger partial charge on any atom is 0.258 e. The maximum absolute atomic E-state index is 12.9. The van der Waals surface area contributed by atoms with E-state index < -0.39 is 0 Å². The average molecular weight is 418 g/mol. The molecule has 2 aromatic carbocycles. The molecular formula is C24H26N4O3. The lowest BCUT2D eigenvalue weighted by molar-refractivity contribution is -0.116. The van der Waals surface area contributed by atoms with E-state index >= 15 is 0 Å². The van der Waals surface area contributed by atoms with Gasteiger partial charge in [-0.05, 0) is 48.7 Å². The highest BCUT2D eigenvalue weighted by Gasteiger charge is 2.25. The Balaban J connectivity index is 1.28. The molecule has 2 heterocycles. The molecule has 0 bridgehead atoms. The van der Waals surface area contributed by atoms with Crippen molar-refractivity contribution in [2.75, 3.05) is 16.8 Å². The summed E-state index contributed by atoms with van der Waals surface area (Å²) in [5.41, 5.74) is 3.45. The van der Waals surface area contributed by atoms with Crippen molar-refractivity contribution in [1.82, 2.24) is 10.1 Å². The number of carbonyl (C=O) groups is 2. The SMILES string of the molecule is CC(C)c1noc(CCCC(=O)Nc2ccc(C(=O)N3CCc4ccccc43)cc2)n1. The minimum absolute atomic E-state index is 0.0249. The van der Waals surface area contributed by atoms with Crippen LogP contribution in [0.3, 0.4) is 0 Å². The number of aryl methyl sites for hydroxylation is 1. The normalized spacial score (nSPS) is 12.8. The molecule has 0 spiro atoms. The second kappa shape index (κ2) is 9.12. The molecule has 7 heteroatoms. The van der Waals surface area contributed by atoms with Gasteiger partial charge in [-0.1, -0.05) is 37.2 Å². The molecule has 2 amide bonds. The molecule has 0 fully saturated rings. The summed E-state index contributed by atoms with van der Waals surface area (Å²) in [5, 5.41) is 6.80. The summed E-state index contributed by atoms with van der Waals surface area (Å²) in [7, 11) is 0. The first-order valence-electron chi connectivity index (χ1n) is 10.6. The number of nitrogens with zero attached hydrogens (tertiary/aromatic N) is 3. The first-order valence-corrected chi connectivity index (χ1v) is 10.6. The first-order chi connectivity index (χ1) is 15.0. The Morgan fingerprint density at radius 1 is 1.13 bits per heavy atom. The number of benzene rings is 2. The lowest BCUT2D eigenvalue weighted by Crippen LogP contribution is -2.28. The molecule has 3 aromatic rings. The Hall–Kier alpha value is -3.48. The Morgan fingerprint density at radius 2 is 1.90 bits per heavy atom. The molecule has 0 atom stereocenters. The lowest BCUT2D eigenvalue weighted by Gasteiger charge is -2.17. The number of hydrogen-bond donors (Lipinski definition) is 1. The standard InChI is InChI=1S/C24H26N4O3/c1-16(2)23-26-22(31-27-23)9-5-8-21(29)25-19-12-10-18(11-13-19)24(30)28-15-14-17-6-3-4-7-20(17)28/h3-4,6-7,10-13,16H,5,8-9,14-15H2,1-2H3,(H,25,29). The van der Waals surface area contributed by atoms with Crippen LogP contribution in [0.25, 0.3) is 0 Å². The van der Waals surface area contributed by atoms with Gasteiger partial charge in [0, 0.05) is 42.2 Å². The highest BCUT2D eigenvalue weighted by Crippen LogP contribution is 2.29. The molecule has 1 aromatic heterocycles. The van der Waals surface area contributed by atoms with Crippen molar-refractivity contribution < 1.29 is 14.1 Å². The van der Waals surface area contributed by atoms with Gasteiger partial charge >= 0.3 is 0 Å². The number of anilines is 2. The van der Waals surface area contributed by atoms with E-state index in [1.54, 1.807) is 24.3 Å². The third kappa shape index (κ3) is 4.82. The number of carbonyl (C=O) groups excluding carboxylic acids is 2. The van der Waals surface area contributed by atoms with Gasteiger partial charge in [0.25, 0.3) is 5.91 Å². The molecular weight excluding hydrogens is 392 g/mol. The van der Waals surface area contributed by atoms with Crippen LogP contribution in [0.2, 0.25) is 0 Å². The van der Waals surface area contributed by atoms with Gasteiger partial charge in [0.05, 0.1) is 0 Å². The van der Waals surface area contributed by atoms with Crippen molar-refractivity contribution in [3.63, 3.8) is 0 Å². The smallest absolute Gasteiger partial charge is 0.258 e. The molecule has 1 N–H and O–H groups in total. The number of para-hydroxylation sites is 1. The largest absolute Gasteiger partial charge is 0.339 e. The Kier molecular flexibility index (Phi) is 6.11. The number of rotatable bonds is 7. The van der Waals surface area contributed by atoms with Gasteiger partial charge in [0.2, 0.25) is 11.8 Å². The topological polar surface area (TPSA) is 88.3 Å². The molecule has 0 unspecified atom stereocenters. The molecule has 0 aliphatic carbocycles. The summed E-state index contributed by atoms with van der Waals surface area (Å²) in [6, 6.07) is 15.0. The van der Waals surface area contributed by atoms with Gasteiger partial charge in [0.15, 0.2) is 5.82 Å². The van der Waals surface area contributed by atoms with Crippen LogP contribution in [-0.2, 0) is 17.6 Å². The van der Waals surface area contributed by atoms with Gasteiger partial charge in [-0.2, -0.15) is 4.98 Å². The average Bonchev–Trinajstić information content (AvgIpc) is 3.41. The van der Waals surface area contributed by atoms with Gasteiger partial charge in [-0.25, -0.2) is 0 Å². The predicted molar refractivity (Wildman–Crippen MR) is 118 cm³/mol. The highest BCUT2D eigenvalue weighted by molar-refractivity contribution is 6.07. The van der Waals surface area contributed by atoms with Crippen LogP contribution in [0.5, 0.6) is 0 Å². The molecule has 1 aliphatic heterocycles. The third-order valence-corrected chi connectivity index (χ3v) is 5.34. The molecule has 160 valence electrons. The van der Waals surface area contributed by atoms with Crippen LogP contribution in [0, 0.1) is 0 Å². The summed E-state index contributed by atoms with van der Waals surface area (Å²) in [4.78, 5) is 31.2. The summed E-state index contributed by atoms with van der Waals surface area (Å²) < 4.78 is 5.20. The van der Waals surface area contributed by atoms with Crippen molar-refractivity contribution in [2.24, 2.45) is 0 Å². The van der Waals surface area contributed by atoms with Gasteiger partial charge in [-0.15, -0.1) is 0 Å². The Morgan fingerprint density at radius 3 is 2.65 bits per heavy atom. The van der Waals surface area contributed by atoms with Crippen molar-refractivity contribution >= 4 is 23.2 Å². The number of fused-ring (bicyclic) bond motifs is 1. The fourth-order valence-electron chi connectivity index (χ4n) is 3.63. The van der Waals surface area contributed by atoms with E-state index in [4.69, 9.17) is 4.52 Å². The second-order valence-corrected chi connectivity index (χ2v) is 8.02. The zero-order valence-corrected chi connectivity index (χ0v) is 17.8. The van der Waals surface area contributed by atoms with Gasteiger partial charge < -0.3 is 14.7 Å². The van der Waals surface area contributed by atoms with Gasteiger partial charge in [-0.3, -0.25) is 9.59 Å². The molecule has 7 nitrogen and oxygen atoms in total. The summed E-state index contributed by atoms with van der Waals surface area (Å²) in [6.07, 6.45) is 2.41. The van der Waals surface area contributed by atoms with Crippen LogP contribution in [0.15, 0.2) is 53.1 Å². The minimum atomic E-state index is -0.0869. The summed E-state index contributed by atoms with van der Waals surface area (Å²) in [6.45, 7) is 4.70. The van der Waals surface area contributed by atoms with Crippen molar-refractivity contribution in [3.8, 4) is 0 Å². The number of aromatic nitrogens is 2. The quantitative estimate of drug-likeness (QED) is 0.616. The van der Waals surface area contributed by atoms with Crippen LogP contribution in [0.4, 0.5) is 11.4 Å². The van der Waals surface area contributed by atoms with E-state index in [1.165, 1.54) is 5.56 Å². The fourth-order valence-corrected chi connectivity index (χ4v) is 3.63. The first kappa shape index (κ1) is 20.8. The van der Waals surface area contributed by atoms with Crippen LogP contribution in [0.1, 0.15) is 60.2 Å². The zero-order chi connectivity index (χ0) is 21.8. The number of nitrogens with one attached hydrogen (secondary N) is 1. The zero-order valence-electron chi connectivity index (χ0n) is 17.8. The van der Waals surface area contributed by atoms with Crippen LogP contribution < -0.4 is 10.2 Å². The van der Waals surface area contributed by atoms with Crippen LogP contribution in [-0.4, -0.2) is 28.5 Å². The minimum Gasteiger partial charge on any atom is -0.339 e. The monoisotopic (exact) mass is 418 g/mol. The van der Waals surface area contributed by atoms with Crippen molar-refractivity contribution in [1.29, 1.82) is 0 Å². The number of hydrogen-bond acceptors (Lipinski definition) is 5. The summed E-state index contributed by atoms with van der Waals surface area (Å²) in [5.74, 6) is 1.35. The predicted octanol–water partition coefficient (Wildman–Crippen LogP) is 4.36. The molecule has 0 saturated carbocycles. The van der Waals surface area contributed by atoms with Crippen molar-refractivity contribution in [2.45, 2.75) is 45.4 Å². The fraction of sp³-hybridized carbons (Fsp3) is 0.333. The molecule has 0 radical (unpaired) electrons. The molecule has 4 rings (SSSR count).